The molecule has 0 atom stereocenters. The Hall–Kier alpha value is -3.58. The van der Waals surface area contributed by atoms with E-state index in [1.807, 2.05) is 31.2 Å². The van der Waals surface area contributed by atoms with Crippen molar-refractivity contribution in [2.24, 2.45) is 0 Å². The maximum atomic E-state index is 13.1. The maximum absolute atomic E-state index is 13.1. The fourth-order valence-corrected chi connectivity index (χ4v) is 4.49. The Kier molecular flexibility index (Phi) is 5.77. The molecule has 4 aromatic rings. The first-order chi connectivity index (χ1) is 15.0. The monoisotopic (exact) mass is 434 g/mol. The van der Waals surface area contributed by atoms with E-state index in [0.717, 1.165) is 5.56 Å². The summed E-state index contributed by atoms with van der Waals surface area (Å²) in [5.74, 6) is 1.36. The zero-order chi connectivity index (χ0) is 21.8. The van der Waals surface area contributed by atoms with Crippen molar-refractivity contribution in [3.63, 3.8) is 0 Å². The van der Waals surface area contributed by atoms with Gasteiger partial charge in [-0.2, -0.15) is 0 Å². The van der Waals surface area contributed by atoms with E-state index in [-0.39, 0.29) is 4.90 Å². The number of hydrogen-bond donors (Lipinski definition) is 0. The lowest BCUT2D eigenvalue weighted by Gasteiger charge is -2.13. The van der Waals surface area contributed by atoms with Crippen molar-refractivity contribution in [3.8, 4) is 22.9 Å². The maximum Gasteiger partial charge on any atom is 0.269 e. The summed E-state index contributed by atoms with van der Waals surface area (Å²) >= 11 is 0. The van der Waals surface area contributed by atoms with Crippen LogP contribution in [0, 0.1) is 6.92 Å². The van der Waals surface area contributed by atoms with Gasteiger partial charge in [-0.15, -0.1) is 0 Å². The highest BCUT2D eigenvalue weighted by molar-refractivity contribution is 7.90. The third kappa shape index (κ3) is 4.32. The first kappa shape index (κ1) is 20.7. The molecule has 0 spiro atoms. The number of hydrogen-bond acceptors (Lipinski definition) is 5. The second-order valence-electron chi connectivity index (χ2n) is 7.00. The van der Waals surface area contributed by atoms with E-state index < -0.39 is 10.0 Å². The van der Waals surface area contributed by atoms with Gasteiger partial charge in [-0.3, -0.25) is 0 Å². The molecule has 0 unspecified atom stereocenters. The molecule has 158 valence electrons. The summed E-state index contributed by atoms with van der Waals surface area (Å²) in [6.07, 6.45) is 2.90. The molecule has 7 heteroatoms. The van der Waals surface area contributed by atoms with Crippen LogP contribution in [0.2, 0.25) is 0 Å². The van der Waals surface area contributed by atoms with Crippen molar-refractivity contribution in [2.45, 2.75) is 18.4 Å². The van der Waals surface area contributed by atoms with Gasteiger partial charge in [-0.25, -0.2) is 17.4 Å². The van der Waals surface area contributed by atoms with Crippen molar-refractivity contribution in [3.05, 3.63) is 96.3 Å². The summed E-state index contributed by atoms with van der Waals surface area (Å²) < 4.78 is 38.7. The lowest BCUT2D eigenvalue weighted by molar-refractivity contribution is 0.284. The van der Waals surface area contributed by atoms with Crippen molar-refractivity contribution in [1.82, 2.24) is 8.96 Å². The van der Waals surface area contributed by atoms with Gasteiger partial charge in [-0.1, -0.05) is 48.0 Å². The van der Waals surface area contributed by atoms with Crippen LogP contribution >= 0.6 is 0 Å². The van der Waals surface area contributed by atoms with Gasteiger partial charge in [0.2, 0.25) is 0 Å². The number of aryl methyl sites for hydroxylation is 1. The predicted molar refractivity (Wildman–Crippen MR) is 119 cm³/mol. The van der Waals surface area contributed by atoms with Crippen LogP contribution in [-0.2, 0) is 16.6 Å². The van der Waals surface area contributed by atoms with Gasteiger partial charge in [-0.05, 0) is 42.8 Å². The van der Waals surface area contributed by atoms with Crippen LogP contribution < -0.4 is 9.47 Å². The highest BCUT2D eigenvalue weighted by atomic mass is 32.2. The lowest BCUT2D eigenvalue weighted by Crippen LogP contribution is -2.13. The Morgan fingerprint density at radius 2 is 1.68 bits per heavy atom. The third-order valence-corrected chi connectivity index (χ3v) is 6.52. The van der Waals surface area contributed by atoms with Crippen LogP contribution in [0.15, 0.2) is 90.1 Å². The second-order valence-corrected chi connectivity index (χ2v) is 8.82. The summed E-state index contributed by atoms with van der Waals surface area (Å²) in [6, 6.07) is 21.6. The molecule has 0 aliphatic heterocycles. The molecule has 0 amide bonds. The van der Waals surface area contributed by atoms with Crippen LogP contribution in [0.25, 0.3) is 11.4 Å². The second kappa shape index (κ2) is 8.65. The van der Waals surface area contributed by atoms with Gasteiger partial charge in [0, 0.05) is 18.0 Å². The van der Waals surface area contributed by atoms with Gasteiger partial charge in [0.25, 0.3) is 10.0 Å². The van der Waals surface area contributed by atoms with E-state index in [0.29, 0.717) is 29.5 Å². The zero-order valence-corrected chi connectivity index (χ0v) is 18.0. The van der Waals surface area contributed by atoms with Gasteiger partial charge < -0.3 is 9.47 Å². The van der Waals surface area contributed by atoms with Crippen LogP contribution in [0.4, 0.5) is 0 Å². The van der Waals surface area contributed by atoms with Crippen LogP contribution in [0.5, 0.6) is 11.5 Å². The number of rotatable bonds is 7. The summed E-state index contributed by atoms with van der Waals surface area (Å²) in [4.78, 5) is 4.47. The molecular formula is C24H22N2O4S. The Morgan fingerprint density at radius 3 is 2.39 bits per heavy atom. The average Bonchev–Trinajstić information content (AvgIpc) is 3.30. The zero-order valence-electron chi connectivity index (χ0n) is 17.2. The van der Waals surface area contributed by atoms with Crippen molar-refractivity contribution < 1.29 is 17.9 Å². The summed E-state index contributed by atoms with van der Waals surface area (Å²) in [6.45, 7) is 2.43. The quantitative estimate of drug-likeness (QED) is 0.422. The minimum Gasteiger partial charge on any atom is -0.493 e. The molecule has 0 aliphatic carbocycles. The summed E-state index contributed by atoms with van der Waals surface area (Å²) in [5.41, 5.74) is 2.83. The largest absolute Gasteiger partial charge is 0.493 e. The van der Waals surface area contributed by atoms with Crippen LogP contribution in [0.3, 0.4) is 0 Å². The number of benzene rings is 3. The van der Waals surface area contributed by atoms with E-state index in [1.165, 1.54) is 21.9 Å². The van der Waals surface area contributed by atoms with Crippen LogP contribution in [0.1, 0.15) is 11.1 Å². The fourth-order valence-electron chi connectivity index (χ4n) is 3.17. The summed E-state index contributed by atoms with van der Waals surface area (Å²) in [7, 11) is -2.23. The molecule has 0 aliphatic rings. The first-order valence-corrected chi connectivity index (χ1v) is 11.1. The molecule has 0 radical (unpaired) electrons. The van der Waals surface area contributed by atoms with E-state index >= 15 is 0 Å². The van der Waals surface area contributed by atoms with E-state index in [4.69, 9.17) is 9.47 Å². The number of imidazole rings is 1. The third-order valence-electron chi connectivity index (χ3n) is 4.84. The number of aromatic nitrogens is 2. The molecule has 0 saturated heterocycles. The van der Waals surface area contributed by atoms with Gasteiger partial charge in [0.1, 0.15) is 6.61 Å². The average molecular weight is 435 g/mol. The Bertz CT molecular complexity index is 1280. The Labute approximate surface area is 181 Å². The van der Waals surface area contributed by atoms with E-state index in [2.05, 4.69) is 4.98 Å². The molecule has 6 nitrogen and oxygen atoms in total. The highest BCUT2D eigenvalue weighted by Gasteiger charge is 2.21. The minimum absolute atomic E-state index is 0.194. The molecule has 4 rings (SSSR count). The molecular weight excluding hydrogens is 412 g/mol. The Balaban J connectivity index is 1.63. The van der Waals surface area contributed by atoms with Crippen LogP contribution in [-0.4, -0.2) is 24.5 Å². The smallest absolute Gasteiger partial charge is 0.269 e. The van der Waals surface area contributed by atoms with Gasteiger partial charge in [0.05, 0.1) is 12.0 Å². The molecule has 0 saturated carbocycles. The highest BCUT2D eigenvalue weighted by Crippen LogP contribution is 2.33. The predicted octanol–water partition coefficient (Wildman–Crippen LogP) is 4.68. The number of nitrogens with zero attached hydrogens (tertiary/aromatic N) is 2. The van der Waals surface area contributed by atoms with Crippen molar-refractivity contribution in [1.29, 1.82) is 0 Å². The fraction of sp³-hybridized carbons (Fsp3) is 0.125. The van der Waals surface area contributed by atoms with Crippen molar-refractivity contribution >= 4 is 10.0 Å². The molecule has 1 aromatic heterocycles. The summed E-state index contributed by atoms with van der Waals surface area (Å²) in [5, 5.41) is 0. The number of ether oxygens (including phenoxy) is 2. The molecule has 1 heterocycles. The van der Waals surface area contributed by atoms with Crippen molar-refractivity contribution in [2.75, 3.05) is 7.11 Å². The number of methoxy groups -OCH3 is 1. The van der Waals surface area contributed by atoms with E-state index in [9.17, 15) is 8.42 Å². The van der Waals surface area contributed by atoms with E-state index in [1.54, 1.807) is 55.6 Å². The molecule has 3 aromatic carbocycles. The standard InChI is InChI=1S/C24H22N2O4S/c1-18-8-10-19(11-9-18)17-30-22-13-12-20(16-23(22)29-2)24-25-14-15-26(24)31(27,28)21-6-4-3-5-7-21/h3-16H,17H2,1-2H3. The molecule has 31 heavy (non-hydrogen) atoms. The SMILES string of the molecule is COc1cc(-c2nccn2S(=O)(=O)c2ccccc2)ccc1OCc1ccc(C)cc1. The lowest BCUT2D eigenvalue weighted by atomic mass is 10.1. The minimum atomic E-state index is -3.77. The van der Waals surface area contributed by atoms with Gasteiger partial charge in [0.15, 0.2) is 17.3 Å². The molecule has 0 bridgehead atoms. The topological polar surface area (TPSA) is 70.4 Å². The molecule has 0 N–H and O–H groups in total. The normalized spacial score (nSPS) is 11.3. The first-order valence-electron chi connectivity index (χ1n) is 9.70. The Morgan fingerprint density at radius 1 is 0.935 bits per heavy atom. The molecule has 0 fully saturated rings. The van der Waals surface area contributed by atoms with Gasteiger partial charge >= 0.3 is 0 Å².